The van der Waals surface area contributed by atoms with Crippen molar-refractivity contribution in [2.75, 3.05) is 0 Å². The largest absolute Gasteiger partial charge is 0.0582 e. The first-order chi connectivity index (χ1) is 21.0. The summed E-state index contributed by atoms with van der Waals surface area (Å²) in [5, 5.41) is 2.69. The molecule has 0 aliphatic rings. The molecule has 0 aromatic heterocycles. The number of aryl methyl sites for hydroxylation is 1. The van der Waals surface area contributed by atoms with E-state index in [1.54, 1.807) is 0 Å². The number of fused-ring (bicyclic) bond motifs is 1. The van der Waals surface area contributed by atoms with Gasteiger partial charge in [0, 0.05) is 0 Å². The van der Waals surface area contributed by atoms with Crippen LogP contribution < -0.4 is 0 Å². The summed E-state index contributed by atoms with van der Waals surface area (Å²) in [5.41, 5.74) is 11.4. The highest BCUT2D eigenvalue weighted by Gasteiger charge is 2.20. The molecule has 0 saturated carbocycles. The average molecular weight is 635 g/mol. The van der Waals surface area contributed by atoms with Crippen LogP contribution in [-0.4, -0.2) is 0 Å². The van der Waals surface area contributed by atoms with Crippen LogP contribution in [0, 0.1) is 6.92 Å². The highest BCUT2D eigenvalue weighted by atomic mass is 14.3. The molecule has 0 fully saturated rings. The summed E-state index contributed by atoms with van der Waals surface area (Å²) in [4.78, 5) is 0. The van der Waals surface area contributed by atoms with Gasteiger partial charge in [0.05, 0.1) is 0 Å². The van der Waals surface area contributed by atoms with Crippen molar-refractivity contribution in [2.24, 2.45) is 0 Å². The van der Waals surface area contributed by atoms with Crippen LogP contribution in [0.5, 0.6) is 0 Å². The maximum absolute atomic E-state index is 2.34. The van der Waals surface area contributed by atoms with Gasteiger partial charge in [-0.25, -0.2) is 0 Å². The van der Waals surface area contributed by atoms with Gasteiger partial charge in [0.1, 0.15) is 0 Å². The van der Waals surface area contributed by atoms with Gasteiger partial charge >= 0.3 is 0 Å². The predicted molar refractivity (Wildman–Crippen MR) is 214 cm³/mol. The Kier molecular flexibility index (Phi) is 12.3. The molecule has 258 valence electrons. The molecular formula is C47H70. The molecule has 0 heterocycles. The highest BCUT2D eigenvalue weighted by molar-refractivity contribution is 5.84. The second-order valence-electron chi connectivity index (χ2n) is 19.9. The van der Waals surface area contributed by atoms with Crippen LogP contribution in [0.4, 0.5) is 0 Å². The predicted octanol–water partition coefficient (Wildman–Crippen LogP) is 14.3. The summed E-state index contributed by atoms with van der Waals surface area (Å²) in [7, 11) is 0. The Morgan fingerprint density at radius 3 is 0.830 bits per heavy atom. The molecule has 0 nitrogen and oxygen atoms in total. The lowest BCUT2D eigenvalue weighted by molar-refractivity contribution is 0.573. The van der Waals surface area contributed by atoms with E-state index in [9.17, 15) is 0 Å². The fourth-order valence-corrected chi connectivity index (χ4v) is 5.62. The molecule has 0 heteroatoms. The maximum Gasteiger partial charge on any atom is -0.0129 e. The van der Waals surface area contributed by atoms with E-state index in [0.29, 0.717) is 0 Å². The molecule has 0 spiro atoms. The van der Waals surface area contributed by atoms with Crippen LogP contribution in [-0.2, 0) is 32.5 Å². The van der Waals surface area contributed by atoms with Crippen molar-refractivity contribution >= 4 is 10.8 Å². The summed E-state index contributed by atoms with van der Waals surface area (Å²) in [5.74, 6) is 0. The summed E-state index contributed by atoms with van der Waals surface area (Å²) >= 11 is 0. The Labute approximate surface area is 291 Å². The Hall–Kier alpha value is -2.86. The Bertz CT molecular complexity index is 1500. The molecule has 0 N–H and O–H groups in total. The van der Waals surface area contributed by atoms with Crippen molar-refractivity contribution in [1.29, 1.82) is 0 Å². The minimum absolute atomic E-state index is 0.214. The first-order valence-electron chi connectivity index (χ1n) is 17.8. The lowest BCUT2D eigenvalue weighted by Gasteiger charge is -2.25. The van der Waals surface area contributed by atoms with E-state index in [-0.39, 0.29) is 32.5 Å². The second kappa shape index (κ2) is 14.3. The molecule has 0 atom stereocenters. The number of benzene rings is 4. The maximum atomic E-state index is 2.34. The van der Waals surface area contributed by atoms with Gasteiger partial charge in [-0.15, -0.1) is 0 Å². The van der Waals surface area contributed by atoms with Crippen molar-refractivity contribution < 1.29 is 0 Å². The fourth-order valence-electron chi connectivity index (χ4n) is 5.62. The second-order valence-corrected chi connectivity index (χ2v) is 19.9. The van der Waals surface area contributed by atoms with Crippen molar-refractivity contribution in [3.63, 3.8) is 0 Å². The lowest BCUT2D eigenvalue weighted by atomic mass is 9.80. The van der Waals surface area contributed by atoms with Crippen molar-refractivity contribution in [3.05, 3.63) is 118 Å². The van der Waals surface area contributed by atoms with Gasteiger partial charge in [-0.2, -0.15) is 0 Å². The fraction of sp³-hybridized carbons (Fsp3) is 0.532. The third kappa shape index (κ3) is 12.0. The van der Waals surface area contributed by atoms with Gasteiger partial charge < -0.3 is 0 Å². The van der Waals surface area contributed by atoms with E-state index in [0.717, 1.165) is 0 Å². The molecule has 0 saturated heterocycles. The number of hydrogen-bond donors (Lipinski definition) is 0. The van der Waals surface area contributed by atoms with E-state index < -0.39 is 0 Å². The lowest BCUT2D eigenvalue weighted by Crippen LogP contribution is -2.16. The van der Waals surface area contributed by atoms with Crippen LogP contribution in [0.3, 0.4) is 0 Å². The summed E-state index contributed by atoms with van der Waals surface area (Å²) < 4.78 is 0. The monoisotopic (exact) mass is 635 g/mol. The summed E-state index contributed by atoms with van der Waals surface area (Å²) in [6.45, 7) is 42.9. The quantitative estimate of drug-likeness (QED) is 0.180. The van der Waals surface area contributed by atoms with E-state index in [2.05, 4.69) is 210 Å². The Morgan fingerprint density at radius 1 is 0.277 bits per heavy atom. The van der Waals surface area contributed by atoms with Gasteiger partial charge in [0.15, 0.2) is 0 Å². The molecule has 4 rings (SSSR count). The first kappa shape index (κ1) is 40.3. The van der Waals surface area contributed by atoms with Gasteiger partial charge in [-0.1, -0.05) is 203 Å². The van der Waals surface area contributed by atoms with Crippen LogP contribution in [0.2, 0.25) is 0 Å². The standard InChI is InChI=1S/C18H24.C15H24.C14H22/c1-17(2,3)15-9-7-13-8-10-16(18(4,5)6)12-14(13)11-15;1-11-10-12(14(2,3)4)8-9-13(11)15(5,6)7;1-13(2,3)11-7-9-12(10-8-11)14(4,5)6/h7-12H,1-6H3;8-10H,1-7H3;7-10H,1-6H3. The van der Waals surface area contributed by atoms with Gasteiger partial charge in [0.25, 0.3) is 0 Å². The SMILES string of the molecule is CC(C)(C)c1ccc(C(C)(C)C)cc1.CC(C)(C)c1ccc2ccc(C(C)(C)C)cc2c1.Cc1cc(C(C)(C)C)ccc1C(C)(C)C. The molecule has 4 aromatic carbocycles. The topological polar surface area (TPSA) is 0 Å². The summed E-state index contributed by atoms with van der Waals surface area (Å²) in [6.07, 6.45) is 0. The van der Waals surface area contributed by atoms with Crippen molar-refractivity contribution in [2.45, 2.75) is 164 Å². The minimum Gasteiger partial charge on any atom is -0.0582 e. The van der Waals surface area contributed by atoms with Crippen molar-refractivity contribution in [1.82, 2.24) is 0 Å². The van der Waals surface area contributed by atoms with E-state index in [1.807, 2.05) is 0 Å². The third-order valence-corrected chi connectivity index (χ3v) is 9.09. The third-order valence-electron chi connectivity index (χ3n) is 9.09. The zero-order valence-electron chi connectivity index (χ0n) is 34.0. The Balaban J connectivity index is 0.000000248. The molecule has 0 aliphatic carbocycles. The zero-order chi connectivity index (χ0) is 36.4. The van der Waals surface area contributed by atoms with E-state index in [4.69, 9.17) is 0 Å². The van der Waals surface area contributed by atoms with Crippen LogP contribution >= 0.6 is 0 Å². The normalized spacial score (nSPS) is 13.0. The molecular weight excluding hydrogens is 565 g/mol. The van der Waals surface area contributed by atoms with Crippen LogP contribution in [0.25, 0.3) is 10.8 Å². The molecule has 0 radical (unpaired) electrons. The number of rotatable bonds is 0. The minimum atomic E-state index is 0.214. The molecule has 0 unspecified atom stereocenters. The smallest absolute Gasteiger partial charge is 0.0129 e. The van der Waals surface area contributed by atoms with Gasteiger partial charge in [-0.3, -0.25) is 0 Å². The average Bonchev–Trinajstić information content (AvgIpc) is 2.90. The highest BCUT2D eigenvalue weighted by Crippen LogP contribution is 2.32. The number of hydrogen-bond acceptors (Lipinski definition) is 0. The van der Waals surface area contributed by atoms with Gasteiger partial charge in [0.2, 0.25) is 0 Å². The molecule has 0 aliphatic heterocycles. The molecule has 0 bridgehead atoms. The first-order valence-corrected chi connectivity index (χ1v) is 17.8. The Morgan fingerprint density at radius 2 is 0.553 bits per heavy atom. The zero-order valence-corrected chi connectivity index (χ0v) is 34.0. The van der Waals surface area contributed by atoms with E-state index >= 15 is 0 Å². The van der Waals surface area contributed by atoms with Crippen molar-refractivity contribution in [3.8, 4) is 0 Å². The van der Waals surface area contributed by atoms with Crippen LogP contribution in [0.15, 0.2) is 78.9 Å². The van der Waals surface area contributed by atoms with Gasteiger partial charge in [-0.05, 0) is 89.1 Å². The molecule has 0 amide bonds. The summed E-state index contributed by atoms with van der Waals surface area (Å²) in [6, 6.07) is 29.5. The van der Waals surface area contributed by atoms with Crippen LogP contribution in [0.1, 0.15) is 164 Å². The molecule has 4 aromatic rings. The van der Waals surface area contributed by atoms with E-state index in [1.165, 1.54) is 49.7 Å². The molecule has 47 heavy (non-hydrogen) atoms.